The van der Waals surface area contributed by atoms with Crippen molar-refractivity contribution in [3.63, 3.8) is 0 Å². The predicted octanol–water partition coefficient (Wildman–Crippen LogP) is 5.01. The average Bonchev–Trinajstić information content (AvgIpc) is 3.28. The fourth-order valence-electron chi connectivity index (χ4n) is 2.24. The van der Waals surface area contributed by atoms with Gasteiger partial charge in [0.15, 0.2) is 0 Å². The first-order valence-electron chi connectivity index (χ1n) is 8.08. The number of carbonyl (C=O) groups excluding carboxylic acids is 1. The molecule has 0 bridgehead atoms. The van der Waals surface area contributed by atoms with E-state index in [1.54, 1.807) is 23.6 Å². The summed E-state index contributed by atoms with van der Waals surface area (Å²) in [5.74, 6) is 0.517. The lowest BCUT2D eigenvalue weighted by Gasteiger charge is -2.09. The fourth-order valence-corrected chi connectivity index (χ4v) is 2.92. The Morgan fingerprint density at radius 2 is 2.11 bits per heavy atom. The molecule has 28 heavy (non-hydrogen) atoms. The van der Waals surface area contributed by atoms with E-state index in [4.69, 9.17) is 9.15 Å². The zero-order valence-corrected chi connectivity index (χ0v) is 15.4. The minimum absolute atomic E-state index is 0.0459. The summed E-state index contributed by atoms with van der Waals surface area (Å²) in [5.41, 5.74) is 2.13. The number of hydrazone groups is 1. The van der Waals surface area contributed by atoms with Crippen LogP contribution in [0, 0.1) is 6.92 Å². The van der Waals surface area contributed by atoms with E-state index in [2.05, 4.69) is 10.5 Å². The van der Waals surface area contributed by atoms with Crippen molar-refractivity contribution in [2.45, 2.75) is 19.7 Å². The number of aryl methyl sites for hydroxylation is 1. The molecule has 1 aromatic carbocycles. The molecule has 0 fully saturated rings. The Labute approximate surface area is 162 Å². The summed E-state index contributed by atoms with van der Waals surface area (Å²) in [6.07, 6.45) is -3.11. The molecule has 0 spiro atoms. The number of alkyl halides is 3. The number of carbonyl (C=O) groups is 1. The number of benzene rings is 1. The summed E-state index contributed by atoms with van der Waals surface area (Å²) in [6.45, 7) is 1.85. The van der Waals surface area contributed by atoms with Crippen LogP contribution in [0.25, 0.3) is 0 Å². The minimum atomic E-state index is -4.43. The number of thiophene rings is 1. The second-order valence-corrected chi connectivity index (χ2v) is 6.88. The highest BCUT2D eigenvalue weighted by Gasteiger charge is 2.30. The van der Waals surface area contributed by atoms with Gasteiger partial charge in [0.2, 0.25) is 0 Å². The molecule has 5 nitrogen and oxygen atoms in total. The second kappa shape index (κ2) is 8.30. The highest BCUT2D eigenvalue weighted by Crippen LogP contribution is 2.31. The molecule has 2 heterocycles. The van der Waals surface area contributed by atoms with Crippen molar-refractivity contribution in [2.75, 3.05) is 0 Å². The fraction of sp³-hybridized carbons (Fsp3) is 0.158. The lowest BCUT2D eigenvalue weighted by Crippen LogP contribution is -2.16. The van der Waals surface area contributed by atoms with E-state index >= 15 is 0 Å². The molecular formula is C19H15F3N2O3S. The van der Waals surface area contributed by atoms with E-state index in [0.29, 0.717) is 17.1 Å². The first-order chi connectivity index (χ1) is 13.3. The van der Waals surface area contributed by atoms with Gasteiger partial charge < -0.3 is 9.15 Å². The molecular weight excluding hydrogens is 393 g/mol. The molecule has 2 aromatic heterocycles. The lowest BCUT2D eigenvalue weighted by atomic mass is 10.2. The summed E-state index contributed by atoms with van der Waals surface area (Å²) in [7, 11) is 0. The van der Waals surface area contributed by atoms with Crippen molar-refractivity contribution in [3.8, 4) is 5.75 Å². The molecule has 0 unspecified atom stereocenters. The van der Waals surface area contributed by atoms with Crippen molar-refractivity contribution in [1.29, 1.82) is 0 Å². The predicted molar refractivity (Wildman–Crippen MR) is 98.6 cm³/mol. The standard InChI is InChI=1S/C19H15F3N2O3S/c1-12-7-13(11-28-12)18(25)24-23-9-16-5-6-17(27-16)10-26-15-4-2-3-14(8-15)19(20,21)22/h2-9,11H,10H2,1H3,(H,24,25)/b23-9+. The van der Waals surface area contributed by atoms with Crippen LogP contribution in [0.15, 0.2) is 57.4 Å². The summed E-state index contributed by atoms with van der Waals surface area (Å²) < 4.78 is 48.9. The minimum Gasteiger partial charge on any atom is -0.486 e. The Morgan fingerprint density at radius 1 is 1.29 bits per heavy atom. The van der Waals surface area contributed by atoms with Gasteiger partial charge in [-0.1, -0.05) is 6.07 Å². The van der Waals surface area contributed by atoms with Crippen molar-refractivity contribution < 1.29 is 27.1 Å². The van der Waals surface area contributed by atoms with Gasteiger partial charge in [-0.25, -0.2) is 5.43 Å². The van der Waals surface area contributed by atoms with Crippen molar-refractivity contribution >= 4 is 23.5 Å². The van der Waals surface area contributed by atoms with Crippen LogP contribution >= 0.6 is 11.3 Å². The Kier molecular flexibility index (Phi) is 5.84. The van der Waals surface area contributed by atoms with Crippen LogP contribution in [0.4, 0.5) is 13.2 Å². The van der Waals surface area contributed by atoms with Crippen LogP contribution in [0.2, 0.25) is 0 Å². The lowest BCUT2D eigenvalue weighted by molar-refractivity contribution is -0.137. The van der Waals surface area contributed by atoms with Crippen LogP contribution in [-0.2, 0) is 12.8 Å². The van der Waals surface area contributed by atoms with E-state index < -0.39 is 11.7 Å². The molecule has 3 rings (SSSR count). The first-order valence-corrected chi connectivity index (χ1v) is 8.96. The third-order valence-electron chi connectivity index (χ3n) is 3.58. The molecule has 0 aliphatic rings. The molecule has 146 valence electrons. The highest BCUT2D eigenvalue weighted by atomic mass is 32.1. The van der Waals surface area contributed by atoms with Crippen molar-refractivity contribution in [3.05, 3.63) is 75.4 Å². The zero-order valence-electron chi connectivity index (χ0n) is 14.6. The second-order valence-electron chi connectivity index (χ2n) is 5.76. The molecule has 3 aromatic rings. The number of nitrogens with zero attached hydrogens (tertiary/aromatic N) is 1. The van der Waals surface area contributed by atoms with Gasteiger partial charge in [-0.2, -0.15) is 18.3 Å². The molecule has 0 aliphatic heterocycles. The summed E-state index contributed by atoms with van der Waals surface area (Å²) in [5, 5.41) is 5.55. The molecule has 0 saturated heterocycles. The number of amides is 1. The number of ether oxygens (including phenoxy) is 1. The van der Waals surface area contributed by atoms with Gasteiger partial charge in [0.05, 0.1) is 17.3 Å². The van der Waals surface area contributed by atoms with Gasteiger partial charge in [0, 0.05) is 10.3 Å². The molecule has 1 amide bonds. The van der Waals surface area contributed by atoms with E-state index in [1.807, 2.05) is 6.92 Å². The van der Waals surface area contributed by atoms with Gasteiger partial charge >= 0.3 is 6.18 Å². The molecule has 0 radical (unpaired) electrons. The number of nitrogens with one attached hydrogen (secondary N) is 1. The van der Waals surface area contributed by atoms with Gasteiger partial charge in [-0.05, 0) is 43.3 Å². The van der Waals surface area contributed by atoms with Gasteiger partial charge in [0.25, 0.3) is 5.91 Å². The van der Waals surface area contributed by atoms with E-state index in [9.17, 15) is 18.0 Å². The van der Waals surface area contributed by atoms with Crippen molar-refractivity contribution in [1.82, 2.24) is 5.43 Å². The quantitative estimate of drug-likeness (QED) is 0.461. The molecule has 0 atom stereocenters. The van der Waals surface area contributed by atoms with Crippen LogP contribution in [0.3, 0.4) is 0 Å². The largest absolute Gasteiger partial charge is 0.486 e. The van der Waals surface area contributed by atoms with Crippen molar-refractivity contribution in [2.24, 2.45) is 5.10 Å². The van der Waals surface area contributed by atoms with Crippen LogP contribution in [0.1, 0.15) is 32.3 Å². The Balaban J connectivity index is 1.53. The van der Waals surface area contributed by atoms with Crippen LogP contribution in [0.5, 0.6) is 5.75 Å². The number of hydrogen-bond donors (Lipinski definition) is 1. The van der Waals surface area contributed by atoms with E-state index in [-0.39, 0.29) is 18.3 Å². The van der Waals surface area contributed by atoms with Gasteiger partial charge in [-0.15, -0.1) is 11.3 Å². The number of furan rings is 1. The summed E-state index contributed by atoms with van der Waals surface area (Å²) >= 11 is 1.46. The maximum atomic E-state index is 12.7. The SMILES string of the molecule is Cc1cc(C(=O)N/N=C/c2ccc(COc3cccc(C(F)(F)F)c3)o2)cs1. The van der Waals surface area contributed by atoms with E-state index in [0.717, 1.165) is 17.0 Å². The van der Waals surface area contributed by atoms with Gasteiger partial charge in [-0.3, -0.25) is 4.79 Å². The van der Waals surface area contributed by atoms with E-state index in [1.165, 1.54) is 29.7 Å². The first kappa shape index (κ1) is 19.7. The smallest absolute Gasteiger partial charge is 0.416 e. The van der Waals surface area contributed by atoms with Gasteiger partial charge in [0.1, 0.15) is 23.9 Å². The normalized spacial score (nSPS) is 11.7. The van der Waals surface area contributed by atoms with Crippen LogP contribution in [-0.4, -0.2) is 12.1 Å². The number of halogens is 3. The number of rotatable bonds is 6. The van der Waals surface area contributed by atoms with Crippen LogP contribution < -0.4 is 10.2 Å². The molecule has 1 N–H and O–H groups in total. The molecule has 9 heteroatoms. The topological polar surface area (TPSA) is 63.8 Å². The molecule has 0 aliphatic carbocycles. The Bertz CT molecular complexity index is 992. The maximum absolute atomic E-state index is 12.7. The third kappa shape index (κ3) is 5.23. The monoisotopic (exact) mass is 408 g/mol. The molecule has 0 saturated carbocycles. The zero-order chi connectivity index (χ0) is 20.1. The Morgan fingerprint density at radius 3 is 2.82 bits per heavy atom. The Hall–Kier alpha value is -3.07. The number of hydrogen-bond acceptors (Lipinski definition) is 5. The average molecular weight is 408 g/mol. The third-order valence-corrected chi connectivity index (χ3v) is 4.44. The highest BCUT2D eigenvalue weighted by molar-refractivity contribution is 7.10. The maximum Gasteiger partial charge on any atom is 0.416 e. The summed E-state index contributed by atoms with van der Waals surface area (Å²) in [6, 6.07) is 9.57. The summed E-state index contributed by atoms with van der Waals surface area (Å²) in [4.78, 5) is 12.9.